The third kappa shape index (κ3) is 4.08. The summed E-state index contributed by atoms with van der Waals surface area (Å²) in [5.41, 5.74) is 3.32. The largest absolute Gasteiger partial charge is 0.292 e. The lowest BCUT2D eigenvalue weighted by atomic mass is 10.0. The maximum Gasteiger partial charge on any atom is 0.183 e. The highest BCUT2D eigenvalue weighted by atomic mass is 35.5. The molecule has 1 aliphatic rings. The molecule has 134 valence electrons. The minimum absolute atomic E-state index is 0.0607. The average Bonchev–Trinajstić information content (AvgIpc) is 3.39. The van der Waals surface area contributed by atoms with Gasteiger partial charge in [0.1, 0.15) is 11.1 Å². The van der Waals surface area contributed by atoms with Gasteiger partial charge in [-0.15, -0.1) is 11.3 Å². The summed E-state index contributed by atoms with van der Waals surface area (Å²) in [5, 5.41) is 13.0. The first-order valence-electron chi connectivity index (χ1n) is 8.56. The molecule has 0 unspecified atom stereocenters. The van der Waals surface area contributed by atoms with Gasteiger partial charge in [-0.1, -0.05) is 41.6 Å². The van der Waals surface area contributed by atoms with Gasteiger partial charge in [-0.05, 0) is 48.1 Å². The summed E-state index contributed by atoms with van der Waals surface area (Å²) in [5.74, 6) is 0.790. The first kappa shape index (κ1) is 18.2. The minimum atomic E-state index is 0.0607. The number of nitrogens with zero attached hydrogens (tertiary/aromatic N) is 2. The van der Waals surface area contributed by atoms with Crippen molar-refractivity contribution in [2.45, 2.75) is 23.8 Å². The van der Waals surface area contributed by atoms with Crippen LogP contribution in [0, 0.1) is 11.3 Å². The van der Waals surface area contributed by atoms with Crippen LogP contribution in [0.5, 0.6) is 0 Å². The molecule has 1 saturated carbocycles. The van der Waals surface area contributed by atoms with Crippen LogP contribution in [0.1, 0.15) is 39.7 Å². The number of Topliss-reactive ketones (excluding diaryl/α,β-unsaturated/α-hetero) is 1. The SMILES string of the molecule is N#Cc1c(-c2ccc(Cl)cc2)cc(C2CC2)nc1SCC(=O)c1cccs1. The van der Waals surface area contributed by atoms with E-state index in [0.29, 0.717) is 21.5 Å². The summed E-state index contributed by atoms with van der Waals surface area (Å²) < 4.78 is 0. The molecule has 1 aromatic carbocycles. The van der Waals surface area contributed by atoms with Crippen molar-refractivity contribution in [2.75, 3.05) is 5.75 Å². The van der Waals surface area contributed by atoms with Gasteiger partial charge in [0.15, 0.2) is 5.78 Å². The molecular formula is C21H15ClN2OS2. The van der Waals surface area contributed by atoms with Crippen LogP contribution >= 0.6 is 34.7 Å². The summed E-state index contributed by atoms with van der Waals surface area (Å²) >= 11 is 8.79. The van der Waals surface area contributed by atoms with E-state index in [1.54, 1.807) is 0 Å². The molecule has 6 heteroatoms. The van der Waals surface area contributed by atoms with E-state index < -0.39 is 0 Å². The lowest BCUT2D eigenvalue weighted by Crippen LogP contribution is -2.03. The number of benzene rings is 1. The second-order valence-corrected chi connectivity index (χ2v) is 8.71. The quantitative estimate of drug-likeness (QED) is 0.359. The Kier molecular flexibility index (Phi) is 5.31. The summed E-state index contributed by atoms with van der Waals surface area (Å²) in [4.78, 5) is 17.8. The lowest BCUT2D eigenvalue weighted by Gasteiger charge is -2.12. The summed E-state index contributed by atoms with van der Waals surface area (Å²) in [6, 6.07) is 15.5. The molecule has 0 aliphatic heterocycles. The van der Waals surface area contributed by atoms with Gasteiger partial charge < -0.3 is 0 Å². The van der Waals surface area contributed by atoms with E-state index in [1.165, 1.54) is 23.1 Å². The molecule has 0 amide bonds. The number of carbonyl (C=O) groups excluding carboxylic acids is 1. The zero-order valence-electron chi connectivity index (χ0n) is 14.3. The van der Waals surface area contributed by atoms with Crippen molar-refractivity contribution in [3.63, 3.8) is 0 Å². The number of aromatic nitrogens is 1. The number of thiophene rings is 1. The highest BCUT2D eigenvalue weighted by Gasteiger charge is 2.27. The van der Waals surface area contributed by atoms with Gasteiger partial charge in [0.05, 0.1) is 16.2 Å². The van der Waals surface area contributed by atoms with Crippen molar-refractivity contribution in [3.05, 3.63) is 69.0 Å². The van der Waals surface area contributed by atoms with E-state index >= 15 is 0 Å². The molecule has 0 N–H and O–H groups in total. The maximum absolute atomic E-state index is 12.4. The van der Waals surface area contributed by atoms with Gasteiger partial charge in [-0.2, -0.15) is 5.26 Å². The molecule has 3 nitrogen and oxygen atoms in total. The van der Waals surface area contributed by atoms with Gasteiger partial charge in [0, 0.05) is 22.2 Å². The Morgan fingerprint density at radius 2 is 2.07 bits per heavy atom. The highest BCUT2D eigenvalue weighted by Crippen LogP contribution is 2.42. The van der Waals surface area contributed by atoms with Crippen molar-refractivity contribution in [1.82, 2.24) is 4.98 Å². The van der Waals surface area contributed by atoms with Crippen LogP contribution in [-0.4, -0.2) is 16.5 Å². The second kappa shape index (κ2) is 7.85. The van der Waals surface area contributed by atoms with Crippen molar-refractivity contribution in [3.8, 4) is 17.2 Å². The summed E-state index contributed by atoms with van der Waals surface area (Å²) in [7, 11) is 0. The molecule has 0 saturated heterocycles. The van der Waals surface area contributed by atoms with Crippen molar-refractivity contribution < 1.29 is 4.79 Å². The number of thioether (sulfide) groups is 1. The lowest BCUT2D eigenvalue weighted by molar-refractivity contribution is 0.102. The minimum Gasteiger partial charge on any atom is -0.292 e. The molecule has 0 bridgehead atoms. The normalized spacial score (nSPS) is 13.3. The fraction of sp³-hybridized carbons (Fsp3) is 0.190. The van der Waals surface area contributed by atoms with Crippen molar-refractivity contribution in [2.24, 2.45) is 0 Å². The van der Waals surface area contributed by atoms with Crippen LogP contribution in [0.15, 0.2) is 52.9 Å². The zero-order chi connectivity index (χ0) is 18.8. The maximum atomic E-state index is 12.4. The van der Waals surface area contributed by atoms with E-state index in [2.05, 4.69) is 6.07 Å². The molecule has 4 rings (SSSR count). The molecule has 1 aliphatic carbocycles. The van der Waals surface area contributed by atoms with Crippen LogP contribution in [0.2, 0.25) is 5.02 Å². The number of hydrogen-bond donors (Lipinski definition) is 0. The van der Waals surface area contributed by atoms with Gasteiger partial charge in [0.25, 0.3) is 0 Å². The Morgan fingerprint density at radius 1 is 1.30 bits per heavy atom. The Hall–Kier alpha value is -2.13. The average molecular weight is 411 g/mol. The molecule has 0 atom stereocenters. The predicted octanol–water partition coefficient (Wildman–Crippen LogP) is 6.19. The number of halogens is 1. The highest BCUT2D eigenvalue weighted by molar-refractivity contribution is 8.00. The first-order valence-corrected chi connectivity index (χ1v) is 10.8. The van der Waals surface area contributed by atoms with E-state index in [9.17, 15) is 10.1 Å². The van der Waals surface area contributed by atoms with Gasteiger partial charge in [-0.3, -0.25) is 4.79 Å². The van der Waals surface area contributed by atoms with Crippen LogP contribution in [0.25, 0.3) is 11.1 Å². The monoisotopic (exact) mass is 410 g/mol. The topological polar surface area (TPSA) is 53.8 Å². The van der Waals surface area contributed by atoms with E-state index in [-0.39, 0.29) is 11.5 Å². The van der Waals surface area contributed by atoms with Crippen LogP contribution in [-0.2, 0) is 0 Å². The van der Waals surface area contributed by atoms with Crippen LogP contribution < -0.4 is 0 Å². The number of nitriles is 1. The van der Waals surface area contributed by atoms with Crippen molar-refractivity contribution >= 4 is 40.5 Å². The molecule has 0 spiro atoms. The van der Waals surface area contributed by atoms with Crippen LogP contribution in [0.3, 0.4) is 0 Å². The Balaban J connectivity index is 1.70. The molecule has 2 aromatic heterocycles. The number of carbonyl (C=O) groups is 1. The zero-order valence-corrected chi connectivity index (χ0v) is 16.7. The fourth-order valence-corrected chi connectivity index (χ4v) is 4.62. The van der Waals surface area contributed by atoms with Crippen molar-refractivity contribution in [1.29, 1.82) is 5.26 Å². The number of ketones is 1. The number of hydrogen-bond acceptors (Lipinski definition) is 5. The fourth-order valence-electron chi connectivity index (χ4n) is 2.84. The molecule has 3 aromatic rings. The van der Waals surface area contributed by atoms with Gasteiger partial charge in [0.2, 0.25) is 0 Å². The standard InChI is InChI=1S/C21H15ClN2OS2/c22-15-7-5-13(6-8-15)16-10-18(14-3-4-14)24-21(17(16)11-23)27-12-19(25)20-2-1-9-26-20/h1-2,5-10,14H,3-4,12H2. The van der Waals surface area contributed by atoms with E-state index in [4.69, 9.17) is 16.6 Å². The Labute approximate surface area is 171 Å². The van der Waals surface area contributed by atoms with Crippen LogP contribution in [0.4, 0.5) is 0 Å². The summed E-state index contributed by atoms with van der Waals surface area (Å²) in [6.07, 6.45) is 2.24. The third-order valence-corrected chi connectivity index (χ3v) is 6.54. The molecule has 0 radical (unpaired) electrons. The molecule has 27 heavy (non-hydrogen) atoms. The van der Waals surface area contributed by atoms with E-state index in [1.807, 2.05) is 47.8 Å². The van der Waals surface area contributed by atoms with E-state index in [0.717, 1.165) is 34.5 Å². The predicted molar refractivity (Wildman–Crippen MR) is 111 cm³/mol. The first-order chi connectivity index (χ1) is 13.2. The molecule has 2 heterocycles. The van der Waals surface area contributed by atoms with Gasteiger partial charge in [-0.25, -0.2) is 4.98 Å². The number of rotatable bonds is 6. The molecule has 1 fully saturated rings. The van der Waals surface area contributed by atoms with Gasteiger partial charge >= 0.3 is 0 Å². The number of pyridine rings is 1. The Bertz CT molecular complexity index is 1020. The molecular weight excluding hydrogens is 396 g/mol. The smallest absolute Gasteiger partial charge is 0.183 e. The second-order valence-electron chi connectivity index (χ2n) is 6.36. The Morgan fingerprint density at radius 3 is 2.70 bits per heavy atom. The third-order valence-electron chi connectivity index (χ3n) is 4.40. The summed E-state index contributed by atoms with van der Waals surface area (Å²) in [6.45, 7) is 0.